The van der Waals surface area contributed by atoms with Crippen LogP contribution in [-0.4, -0.2) is 27.5 Å². The summed E-state index contributed by atoms with van der Waals surface area (Å²) in [5.41, 5.74) is 3.63. The highest BCUT2D eigenvalue weighted by atomic mass is 16.4. The number of phenolic OH excluding ortho intramolecular Hbond substituents is 2. The summed E-state index contributed by atoms with van der Waals surface area (Å²) >= 11 is 0. The van der Waals surface area contributed by atoms with E-state index in [1.807, 2.05) is 0 Å². The number of nitrogens with one attached hydrogen (secondary N) is 1. The van der Waals surface area contributed by atoms with Crippen molar-refractivity contribution in [1.82, 2.24) is 0 Å². The minimum absolute atomic E-state index is 0.144. The van der Waals surface area contributed by atoms with Gasteiger partial charge >= 0.3 is 5.97 Å². The zero-order valence-electron chi connectivity index (χ0n) is 10.3. The first-order valence-corrected chi connectivity index (χ1v) is 5.71. The van der Waals surface area contributed by atoms with E-state index < -0.39 is 5.97 Å². The summed E-state index contributed by atoms with van der Waals surface area (Å²) in [6.45, 7) is 0. The van der Waals surface area contributed by atoms with Crippen LogP contribution in [0.15, 0.2) is 47.6 Å². The smallest absolute Gasteiger partial charge is 0.335 e. The molecule has 2 aromatic carbocycles. The zero-order chi connectivity index (χ0) is 14.5. The molecule has 6 heteroatoms. The van der Waals surface area contributed by atoms with Gasteiger partial charge in [0.25, 0.3) is 0 Å². The molecule has 2 aromatic rings. The Hall–Kier alpha value is -3.02. The third-order valence-electron chi connectivity index (χ3n) is 2.55. The predicted octanol–water partition coefficient (Wildman–Crippen LogP) is 2.24. The van der Waals surface area contributed by atoms with E-state index in [1.54, 1.807) is 24.3 Å². The van der Waals surface area contributed by atoms with Crippen molar-refractivity contribution in [2.24, 2.45) is 5.10 Å². The average Bonchev–Trinajstić information content (AvgIpc) is 2.44. The lowest BCUT2D eigenvalue weighted by Crippen LogP contribution is -1.97. The van der Waals surface area contributed by atoms with Crippen LogP contribution in [0.5, 0.6) is 11.5 Å². The molecular formula is C14H12N2O4. The molecule has 2 rings (SSSR count). The van der Waals surface area contributed by atoms with Gasteiger partial charge in [-0.1, -0.05) is 12.1 Å². The molecule has 0 amide bonds. The highest BCUT2D eigenvalue weighted by Gasteiger charge is 2.04. The van der Waals surface area contributed by atoms with E-state index >= 15 is 0 Å². The summed E-state index contributed by atoms with van der Waals surface area (Å²) in [6, 6.07) is 10.7. The number of aromatic carboxylic acids is 1. The van der Waals surface area contributed by atoms with Crippen LogP contribution in [0.3, 0.4) is 0 Å². The Labute approximate surface area is 114 Å². The van der Waals surface area contributed by atoms with Gasteiger partial charge in [-0.05, 0) is 30.3 Å². The molecule has 0 aliphatic rings. The first kappa shape index (κ1) is 13.4. The van der Waals surface area contributed by atoms with Gasteiger partial charge in [0.05, 0.1) is 17.5 Å². The molecule has 0 bridgehead atoms. The second kappa shape index (κ2) is 5.75. The Morgan fingerprint density at radius 2 is 1.90 bits per heavy atom. The number of rotatable bonds is 4. The van der Waals surface area contributed by atoms with E-state index in [-0.39, 0.29) is 17.1 Å². The number of nitrogens with zero attached hydrogens (tertiary/aromatic N) is 1. The number of phenols is 2. The molecule has 0 aliphatic carbocycles. The number of carbonyl (C=O) groups is 1. The van der Waals surface area contributed by atoms with Gasteiger partial charge < -0.3 is 15.3 Å². The topological polar surface area (TPSA) is 102 Å². The molecule has 0 aromatic heterocycles. The van der Waals surface area contributed by atoms with Crippen LogP contribution in [0.4, 0.5) is 5.69 Å². The Morgan fingerprint density at radius 1 is 1.15 bits per heavy atom. The van der Waals surface area contributed by atoms with Crippen LogP contribution in [-0.2, 0) is 0 Å². The highest BCUT2D eigenvalue weighted by Crippen LogP contribution is 2.26. The van der Waals surface area contributed by atoms with Crippen LogP contribution in [0, 0.1) is 0 Å². The minimum atomic E-state index is -1.02. The van der Waals surface area contributed by atoms with E-state index in [0.29, 0.717) is 11.3 Å². The quantitative estimate of drug-likeness (QED) is 0.388. The molecule has 0 unspecified atom stereocenters. The minimum Gasteiger partial charge on any atom is -0.504 e. The molecule has 0 saturated heterocycles. The number of para-hydroxylation sites is 1. The van der Waals surface area contributed by atoms with Gasteiger partial charge in [0.2, 0.25) is 0 Å². The fourth-order valence-corrected chi connectivity index (χ4v) is 1.55. The lowest BCUT2D eigenvalue weighted by molar-refractivity contribution is 0.0697. The first-order valence-electron chi connectivity index (χ1n) is 5.71. The molecule has 0 spiro atoms. The van der Waals surface area contributed by atoms with Crippen LogP contribution in [0.25, 0.3) is 0 Å². The zero-order valence-corrected chi connectivity index (χ0v) is 10.3. The van der Waals surface area contributed by atoms with Crippen LogP contribution in [0.2, 0.25) is 0 Å². The van der Waals surface area contributed by atoms with Crippen molar-refractivity contribution < 1.29 is 20.1 Å². The Balaban J connectivity index is 2.12. The Bertz CT molecular complexity index is 668. The van der Waals surface area contributed by atoms with E-state index in [4.69, 9.17) is 5.11 Å². The molecular weight excluding hydrogens is 260 g/mol. The van der Waals surface area contributed by atoms with Gasteiger partial charge in [0.1, 0.15) is 0 Å². The summed E-state index contributed by atoms with van der Waals surface area (Å²) in [4.78, 5) is 10.8. The third-order valence-corrected chi connectivity index (χ3v) is 2.55. The molecule has 0 saturated carbocycles. The van der Waals surface area contributed by atoms with Crippen molar-refractivity contribution in [2.75, 3.05) is 5.43 Å². The highest BCUT2D eigenvalue weighted by molar-refractivity contribution is 5.89. The number of anilines is 1. The maximum atomic E-state index is 10.8. The van der Waals surface area contributed by atoms with Gasteiger partial charge in [-0.25, -0.2) is 4.79 Å². The van der Waals surface area contributed by atoms with E-state index in [9.17, 15) is 15.0 Å². The second-order valence-corrected chi connectivity index (χ2v) is 3.97. The Morgan fingerprint density at radius 3 is 2.65 bits per heavy atom. The van der Waals surface area contributed by atoms with Crippen molar-refractivity contribution in [3.8, 4) is 11.5 Å². The van der Waals surface area contributed by atoms with Crippen LogP contribution >= 0.6 is 0 Å². The van der Waals surface area contributed by atoms with Crippen LogP contribution in [0.1, 0.15) is 15.9 Å². The van der Waals surface area contributed by atoms with Crippen molar-refractivity contribution >= 4 is 17.9 Å². The van der Waals surface area contributed by atoms with Crippen molar-refractivity contribution in [3.63, 3.8) is 0 Å². The lowest BCUT2D eigenvalue weighted by Gasteiger charge is -2.03. The van der Waals surface area contributed by atoms with Crippen molar-refractivity contribution in [1.29, 1.82) is 0 Å². The maximum Gasteiger partial charge on any atom is 0.335 e. The molecule has 0 fully saturated rings. The normalized spacial score (nSPS) is 10.6. The summed E-state index contributed by atoms with van der Waals surface area (Å²) in [5.74, 6) is -1.53. The summed E-state index contributed by atoms with van der Waals surface area (Å²) in [7, 11) is 0. The predicted molar refractivity (Wildman–Crippen MR) is 74.4 cm³/mol. The van der Waals surface area contributed by atoms with Crippen molar-refractivity contribution in [3.05, 3.63) is 53.6 Å². The fourth-order valence-electron chi connectivity index (χ4n) is 1.55. The monoisotopic (exact) mass is 272 g/mol. The summed E-state index contributed by atoms with van der Waals surface area (Å²) in [5, 5.41) is 31.6. The Kier molecular flexibility index (Phi) is 3.85. The second-order valence-electron chi connectivity index (χ2n) is 3.97. The largest absolute Gasteiger partial charge is 0.504 e. The van der Waals surface area contributed by atoms with Crippen molar-refractivity contribution in [2.45, 2.75) is 0 Å². The number of hydrogen-bond acceptors (Lipinski definition) is 5. The molecule has 0 radical (unpaired) electrons. The summed E-state index contributed by atoms with van der Waals surface area (Å²) < 4.78 is 0. The molecule has 102 valence electrons. The number of hydrogen-bond donors (Lipinski definition) is 4. The van der Waals surface area contributed by atoms with Crippen LogP contribution < -0.4 is 5.43 Å². The van der Waals surface area contributed by atoms with E-state index in [2.05, 4.69) is 10.5 Å². The number of hydrazone groups is 1. The van der Waals surface area contributed by atoms with Gasteiger partial charge in [-0.2, -0.15) is 5.10 Å². The van der Waals surface area contributed by atoms with Gasteiger partial charge in [-0.15, -0.1) is 0 Å². The fraction of sp³-hybridized carbons (Fsp3) is 0. The molecule has 0 atom stereocenters. The molecule has 0 aliphatic heterocycles. The van der Waals surface area contributed by atoms with Gasteiger partial charge in [-0.3, -0.25) is 5.43 Å². The molecule has 4 N–H and O–H groups in total. The number of aromatic hydroxyl groups is 2. The molecule has 0 heterocycles. The SMILES string of the molecule is O=C(O)c1cccc(N/N=C/c2cccc(O)c2O)c1. The van der Waals surface area contributed by atoms with Gasteiger partial charge in [0, 0.05) is 5.56 Å². The molecule has 20 heavy (non-hydrogen) atoms. The first-order chi connectivity index (χ1) is 9.58. The summed E-state index contributed by atoms with van der Waals surface area (Å²) in [6.07, 6.45) is 1.32. The van der Waals surface area contributed by atoms with E-state index in [0.717, 1.165) is 0 Å². The standard InChI is InChI=1S/C14H12N2O4/c17-12-6-2-4-10(13(12)18)8-15-16-11-5-1-3-9(7-11)14(19)20/h1-8,16-18H,(H,19,20)/b15-8+. The molecule has 6 nitrogen and oxygen atoms in total. The lowest BCUT2D eigenvalue weighted by atomic mass is 10.2. The van der Waals surface area contributed by atoms with Gasteiger partial charge in [0.15, 0.2) is 11.5 Å². The average molecular weight is 272 g/mol. The maximum absolute atomic E-state index is 10.8. The number of benzene rings is 2. The number of carboxylic acids is 1. The third kappa shape index (κ3) is 3.05. The van der Waals surface area contributed by atoms with E-state index in [1.165, 1.54) is 24.4 Å². The number of carboxylic acid groups (broad SMARTS) is 1.